The lowest BCUT2D eigenvalue weighted by Crippen LogP contribution is -2.16. The van der Waals surface area contributed by atoms with Gasteiger partial charge in [0.2, 0.25) is 0 Å². The van der Waals surface area contributed by atoms with E-state index in [2.05, 4.69) is 18.2 Å². The third-order valence-corrected chi connectivity index (χ3v) is 2.52. The van der Waals surface area contributed by atoms with Crippen LogP contribution in [0, 0.1) is 0 Å². The lowest BCUT2D eigenvalue weighted by molar-refractivity contribution is 0.134. The highest BCUT2D eigenvalue weighted by Gasteiger charge is 2.13. The molecule has 3 nitrogen and oxygen atoms in total. The first-order valence-electron chi connectivity index (χ1n) is 4.75. The van der Waals surface area contributed by atoms with E-state index in [1.54, 1.807) is 7.11 Å². The molecule has 1 heterocycles. The lowest BCUT2D eigenvalue weighted by atomic mass is 10.0. The molecule has 0 radical (unpaired) electrons. The van der Waals surface area contributed by atoms with Crippen LogP contribution >= 0.6 is 0 Å². The number of fused-ring (bicyclic) bond motifs is 1. The summed E-state index contributed by atoms with van der Waals surface area (Å²) in [7, 11) is 1.66. The van der Waals surface area contributed by atoms with Crippen LogP contribution in [0.3, 0.4) is 0 Å². The monoisotopic (exact) mass is 193 g/mol. The van der Waals surface area contributed by atoms with Crippen LogP contribution in [-0.2, 0) is 22.7 Å². The predicted octanol–water partition coefficient (Wildman–Crippen LogP) is 1.36. The van der Waals surface area contributed by atoms with Gasteiger partial charge in [0.15, 0.2) is 0 Å². The molecular weight excluding hydrogens is 178 g/mol. The molecule has 1 aromatic carbocycles. The van der Waals surface area contributed by atoms with Crippen LogP contribution in [0.25, 0.3) is 0 Å². The number of benzene rings is 1. The topological polar surface area (TPSA) is 44.5 Å². The number of ether oxygens (including phenoxy) is 2. The Labute approximate surface area is 83.8 Å². The third kappa shape index (κ3) is 1.80. The summed E-state index contributed by atoms with van der Waals surface area (Å²) in [4.78, 5) is 0. The molecule has 1 aliphatic rings. The Hall–Kier alpha value is -0.900. The fraction of sp³-hybridized carbons (Fsp3) is 0.455. The summed E-state index contributed by atoms with van der Waals surface area (Å²) in [6, 6.07) is 6.22. The van der Waals surface area contributed by atoms with Gasteiger partial charge in [0.1, 0.15) is 0 Å². The molecule has 1 aromatic rings. The summed E-state index contributed by atoms with van der Waals surface area (Å²) in [5, 5.41) is 0. The van der Waals surface area contributed by atoms with E-state index >= 15 is 0 Å². The zero-order chi connectivity index (χ0) is 9.97. The fourth-order valence-corrected chi connectivity index (χ4v) is 1.70. The number of hydrogen-bond donors (Lipinski definition) is 1. The van der Waals surface area contributed by atoms with Crippen molar-refractivity contribution in [3.8, 4) is 0 Å². The zero-order valence-corrected chi connectivity index (χ0v) is 8.32. The van der Waals surface area contributed by atoms with Crippen LogP contribution in [0.1, 0.15) is 22.7 Å². The fourth-order valence-electron chi connectivity index (χ4n) is 1.70. The summed E-state index contributed by atoms with van der Waals surface area (Å²) in [6.07, 6.45) is 0. The average Bonchev–Trinajstić information content (AvgIpc) is 2.64. The molecule has 2 N–H and O–H groups in total. The average molecular weight is 193 g/mol. The van der Waals surface area contributed by atoms with Crippen molar-refractivity contribution >= 4 is 0 Å². The van der Waals surface area contributed by atoms with Gasteiger partial charge in [-0.05, 0) is 16.7 Å². The van der Waals surface area contributed by atoms with E-state index in [1.807, 2.05) is 0 Å². The van der Waals surface area contributed by atoms with Crippen LogP contribution in [0.15, 0.2) is 18.2 Å². The van der Waals surface area contributed by atoms with E-state index in [0.717, 1.165) is 12.2 Å². The quantitative estimate of drug-likeness (QED) is 0.788. The molecule has 0 aromatic heterocycles. The summed E-state index contributed by atoms with van der Waals surface area (Å²) < 4.78 is 10.4. The molecule has 76 valence electrons. The van der Waals surface area contributed by atoms with Gasteiger partial charge in [-0.15, -0.1) is 0 Å². The van der Waals surface area contributed by atoms with Crippen LogP contribution in [0.5, 0.6) is 0 Å². The molecule has 14 heavy (non-hydrogen) atoms. The highest BCUT2D eigenvalue weighted by Crippen LogP contribution is 2.23. The Kier molecular flexibility index (Phi) is 2.82. The molecule has 0 aliphatic carbocycles. The van der Waals surface area contributed by atoms with Gasteiger partial charge >= 0.3 is 0 Å². The maximum absolute atomic E-state index is 5.93. The van der Waals surface area contributed by atoms with Gasteiger partial charge in [0, 0.05) is 7.11 Å². The van der Waals surface area contributed by atoms with Crippen LogP contribution in [0.2, 0.25) is 0 Å². The maximum Gasteiger partial charge on any atom is 0.0725 e. The Morgan fingerprint density at radius 3 is 3.00 bits per heavy atom. The van der Waals surface area contributed by atoms with Gasteiger partial charge in [0.05, 0.1) is 25.9 Å². The number of nitrogens with two attached hydrogens (primary N) is 1. The van der Waals surface area contributed by atoms with Crippen LogP contribution in [-0.4, -0.2) is 13.7 Å². The lowest BCUT2D eigenvalue weighted by Gasteiger charge is -2.11. The SMILES string of the molecule is COCC(N)c1ccc2c(c1)COC2. The van der Waals surface area contributed by atoms with Crippen molar-refractivity contribution in [2.75, 3.05) is 13.7 Å². The van der Waals surface area contributed by atoms with Gasteiger partial charge in [0.25, 0.3) is 0 Å². The van der Waals surface area contributed by atoms with Crippen LogP contribution in [0.4, 0.5) is 0 Å². The first-order valence-corrected chi connectivity index (χ1v) is 4.75. The van der Waals surface area contributed by atoms with Crippen molar-refractivity contribution in [2.45, 2.75) is 19.3 Å². The van der Waals surface area contributed by atoms with Crippen molar-refractivity contribution in [3.05, 3.63) is 34.9 Å². The van der Waals surface area contributed by atoms with E-state index < -0.39 is 0 Å². The predicted molar refractivity (Wildman–Crippen MR) is 53.7 cm³/mol. The van der Waals surface area contributed by atoms with Crippen molar-refractivity contribution in [1.82, 2.24) is 0 Å². The standard InChI is InChI=1S/C11H15NO2/c1-13-7-11(12)8-2-3-9-5-14-6-10(9)4-8/h2-4,11H,5-7,12H2,1H3. The van der Waals surface area contributed by atoms with Crippen molar-refractivity contribution < 1.29 is 9.47 Å². The zero-order valence-electron chi connectivity index (χ0n) is 8.32. The van der Waals surface area contributed by atoms with Crippen molar-refractivity contribution in [3.63, 3.8) is 0 Å². The summed E-state index contributed by atoms with van der Waals surface area (Å²) in [5.74, 6) is 0. The molecule has 0 spiro atoms. The number of methoxy groups -OCH3 is 1. The molecule has 1 aliphatic heterocycles. The molecule has 0 fully saturated rings. The van der Waals surface area contributed by atoms with E-state index in [0.29, 0.717) is 13.2 Å². The van der Waals surface area contributed by atoms with Crippen LogP contribution < -0.4 is 5.73 Å². The van der Waals surface area contributed by atoms with Crippen molar-refractivity contribution in [2.24, 2.45) is 5.73 Å². The number of hydrogen-bond acceptors (Lipinski definition) is 3. The molecule has 0 saturated heterocycles. The van der Waals surface area contributed by atoms with Gasteiger partial charge < -0.3 is 15.2 Å². The van der Waals surface area contributed by atoms with Gasteiger partial charge in [-0.1, -0.05) is 18.2 Å². The van der Waals surface area contributed by atoms with E-state index in [-0.39, 0.29) is 6.04 Å². The largest absolute Gasteiger partial charge is 0.383 e. The minimum Gasteiger partial charge on any atom is -0.383 e. The maximum atomic E-state index is 5.93. The highest BCUT2D eigenvalue weighted by molar-refractivity contribution is 5.34. The van der Waals surface area contributed by atoms with E-state index in [1.165, 1.54) is 11.1 Å². The highest BCUT2D eigenvalue weighted by atomic mass is 16.5. The smallest absolute Gasteiger partial charge is 0.0725 e. The van der Waals surface area contributed by atoms with Gasteiger partial charge in [-0.25, -0.2) is 0 Å². The van der Waals surface area contributed by atoms with E-state index in [4.69, 9.17) is 15.2 Å². The third-order valence-electron chi connectivity index (χ3n) is 2.52. The van der Waals surface area contributed by atoms with E-state index in [9.17, 15) is 0 Å². The Morgan fingerprint density at radius 2 is 2.21 bits per heavy atom. The molecule has 2 rings (SSSR count). The molecular formula is C11H15NO2. The Balaban J connectivity index is 2.19. The summed E-state index contributed by atoms with van der Waals surface area (Å²) in [6.45, 7) is 2.00. The molecule has 0 bridgehead atoms. The normalized spacial score (nSPS) is 16.7. The van der Waals surface area contributed by atoms with Gasteiger partial charge in [-0.3, -0.25) is 0 Å². The molecule has 0 amide bonds. The Morgan fingerprint density at radius 1 is 1.43 bits per heavy atom. The second-order valence-electron chi connectivity index (χ2n) is 3.58. The first kappa shape index (κ1) is 9.65. The van der Waals surface area contributed by atoms with Gasteiger partial charge in [-0.2, -0.15) is 0 Å². The second kappa shape index (κ2) is 4.09. The molecule has 3 heteroatoms. The minimum atomic E-state index is -0.0362. The Bertz CT molecular complexity index is 325. The molecule has 0 saturated carbocycles. The molecule has 1 atom stereocenters. The van der Waals surface area contributed by atoms with Crippen molar-refractivity contribution in [1.29, 1.82) is 0 Å². The summed E-state index contributed by atoms with van der Waals surface area (Å²) >= 11 is 0. The molecule has 1 unspecified atom stereocenters. The first-order chi connectivity index (χ1) is 6.81. The summed E-state index contributed by atoms with van der Waals surface area (Å²) in [5.41, 5.74) is 9.59. The second-order valence-corrected chi connectivity index (χ2v) is 3.58. The minimum absolute atomic E-state index is 0.0362. The number of rotatable bonds is 3.